The summed E-state index contributed by atoms with van der Waals surface area (Å²) in [5.74, 6) is -1.41. The third-order valence-electron chi connectivity index (χ3n) is 2.52. The molecule has 0 bridgehead atoms. The quantitative estimate of drug-likeness (QED) is 0.826. The molecule has 0 aliphatic heterocycles. The molecule has 0 saturated heterocycles. The number of benzene rings is 1. The van der Waals surface area contributed by atoms with Crippen LogP contribution in [-0.2, 0) is 0 Å². The summed E-state index contributed by atoms with van der Waals surface area (Å²) in [6.45, 7) is 2.42. The first-order chi connectivity index (χ1) is 8.25. The predicted octanol–water partition coefficient (Wildman–Crippen LogP) is 3.58. The van der Waals surface area contributed by atoms with Crippen LogP contribution in [0.5, 0.6) is 11.5 Å². The largest absolute Gasteiger partial charge is 0.486 e. The first-order valence-corrected chi connectivity index (χ1v) is 5.48. The number of nitrogen functional groups attached to an aromatic ring is 1. The Bertz CT molecular complexity index is 422. The second kappa shape index (κ2) is 5.37. The van der Waals surface area contributed by atoms with E-state index in [-0.39, 0.29) is 11.4 Å². The number of anilines is 1. The van der Waals surface area contributed by atoms with Gasteiger partial charge in [0.15, 0.2) is 11.6 Å². The molecule has 0 heterocycles. The van der Waals surface area contributed by atoms with Crippen molar-refractivity contribution in [2.45, 2.75) is 39.4 Å². The van der Waals surface area contributed by atoms with E-state index in [9.17, 15) is 13.2 Å². The van der Waals surface area contributed by atoms with Crippen molar-refractivity contribution < 1.29 is 22.6 Å². The fourth-order valence-electron chi connectivity index (χ4n) is 1.19. The van der Waals surface area contributed by atoms with Crippen molar-refractivity contribution in [3.63, 3.8) is 0 Å². The molecule has 0 aromatic heterocycles. The van der Waals surface area contributed by atoms with Crippen molar-refractivity contribution >= 4 is 5.69 Å². The third-order valence-corrected chi connectivity index (χ3v) is 2.52. The summed E-state index contributed by atoms with van der Waals surface area (Å²) in [5, 5.41) is 0. The van der Waals surface area contributed by atoms with Gasteiger partial charge in [0.05, 0.1) is 5.69 Å². The minimum Gasteiger partial charge on any atom is -0.486 e. The first-order valence-electron chi connectivity index (χ1n) is 5.48. The van der Waals surface area contributed by atoms with E-state index < -0.39 is 23.8 Å². The zero-order valence-corrected chi connectivity index (χ0v) is 10.5. The Morgan fingerprint density at radius 1 is 1.28 bits per heavy atom. The minimum atomic E-state index is -3.10. The van der Waals surface area contributed by atoms with Crippen molar-refractivity contribution in [1.29, 1.82) is 0 Å². The van der Waals surface area contributed by atoms with Crippen LogP contribution in [0.3, 0.4) is 0 Å². The van der Waals surface area contributed by atoms with Gasteiger partial charge in [-0.15, -0.1) is 0 Å². The Labute approximate surface area is 104 Å². The average Bonchev–Trinajstić information content (AvgIpc) is 2.24. The second-order valence-electron chi connectivity index (χ2n) is 4.41. The lowest BCUT2D eigenvalue weighted by Gasteiger charge is -2.26. The Morgan fingerprint density at radius 3 is 2.39 bits per heavy atom. The molecule has 0 amide bonds. The maximum Gasteiger partial charge on any atom is 0.387 e. The average molecular weight is 263 g/mol. The van der Waals surface area contributed by atoms with E-state index in [1.807, 2.05) is 20.8 Å². The SMILES string of the molecule is CCC(C)(C)Oc1cc(OC(F)F)c(F)cc1N. The van der Waals surface area contributed by atoms with Crippen molar-refractivity contribution in [3.05, 3.63) is 17.9 Å². The number of nitrogens with two attached hydrogens (primary N) is 1. The lowest BCUT2D eigenvalue weighted by Crippen LogP contribution is -2.27. The van der Waals surface area contributed by atoms with Gasteiger partial charge in [0.25, 0.3) is 0 Å². The molecule has 0 radical (unpaired) electrons. The van der Waals surface area contributed by atoms with Crippen molar-refractivity contribution in [3.8, 4) is 11.5 Å². The monoisotopic (exact) mass is 263 g/mol. The topological polar surface area (TPSA) is 44.5 Å². The summed E-state index contributed by atoms with van der Waals surface area (Å²) in [7, 11) is 0. The Kier molecular flexibility index (Phi) is 4.32. The van der Waals surface area contributed by atoms with E-state index in [4.69, 9.17) is 10.5 Å². The van der Waals surface area contributed by atoms with E-state index >= 15 is 0 Å². The van der Waals surface area contributed by atoms with Crippen LogP contribution in [0.25, 0.3) is 0 Å². The lowest BCUT2D eigenvalue weighted by molar-refractivity contribution is -0.0523. The summed E-state index contributed by atoms with van der Waals surface area (Å²) < 4.78 is 47.1. The summed E-state index contributed by atoms with van der Waals surface area (Å²) in [6.07, 6.45) is 0.675. The van der Waals surface area contributed by atoms with Gasteiger partial charge in [-0.25, -0.2) is 4.39 Å². The number of hydrogen-bond acceptors (Lipinski definition) is 3. The van der Waals surface area contributed by atoms with Gasteiger partial charge in [0.2, 0.25) is 0 Å². The molecule has 1 rings (SSSR count). The standard InChI is InChI=1S/C12H16F3NO2/c1-4-12(2,3)18-10-6-9(17-11(14)15)7(13)5-8(10)16/h5-6,11H,4,16H2,1-3H3. The first kappa shape index (κ1) is 14.5. The predicted molar refractivity (Wildman–Crippen MR) is 62.4 cm³/mol. The molecule has 0 aliphatic carbocycles. The van der Waals surface area contributed by atoms with Crippen LogP contribution in [0.4, 0.5) is 18.9 Å². The van der Waals surface area contributed by atoms with Crippen LogP contribution in [0.2, 0.25) is 0 Å². The van der Waals surface area contributed by atoms with Gasteiger partial charge in [-0.2, -0.15) is 8.78 Å². The van der Waals surface area contributed by atoms with E-state index in [1.165, 1.54) is 0 Å². The maximum absolute atomic E-state index is 13.3. The highest BCUT2D eigenvalue weighted by Crippen LogP contribution is 2.33. The highest BCUT2D eigenvalue weighted by molar-refractivity contribution is 5.56. The fourth-order valence-corrected chi connectivity index (χ4v) is 1.19. The normalized spacial score (nSPS) is 11.7. The van der Waals surface area contributed by atoms with Gasteiger partial charge in [-0.05, 0) is 20.3 Å². The van der Waals surface area contributed by atoms with Gasteiger partial charge in [-0.1, -0.05) is 6.92 Å². The molecule has 6 heteroatoms. The Morgan fingerprint density at radius 2 is 1.89 bits per heavy atom. The number of ether oxygens (including phenoxy) is 2. The summed E-state index contributed by atoms with van der Waals surface area (Å²) in [6, 6.07) is 1.94. The van der Waals surface area contributed by atoms with Gasteiger partial charge in [0, 0.05) is 12.1 Å². The molecule has 3 nitrogen and oxygen atoms in total. The molecule has 1 aromatic carbocycles. The summed E-state index contributed by atoms with van der Waals surface area (Å²) in [5.41, 5.74) is 5.08. The Balaban J connectivity index is 3.05. The molecule has 1 aromatic rings. The molecule has 0 atom stereocenters. The summed E-state index contributed by atoms with van der Waals surface area (Å²) in [4.78, 5) is 0. The van der Waals surface area contributed by atoms with Crippen molar-refractivity contribution in [1.82, 2.24) is 0 Å². The molecule has 0 fully saturated rings. The fraction of sp³-hybridized carbons (Fsp3) is 0.500. The van der Waals surface area contributed by atoms with E-state index in [0.717, 1.165) is 12.1 Å². The zero-order valence-electron chi connectivity index (χ0n) is 10.5. The highest BCUT2D eigenvalue weighted by atomic mass is 19.3. The van der Waals surface area contributed by atoms with Crippen LogP contribution in [-0.4, -0.2) is 12.2 Å². The van der Waals surface area contributed by atoms with E-state index in [2.05, 4.69) is 4.74 Å². The highest BCUT2D eigenvalue weighted by Gasteiger charge is 2.21. The maximum atomic E-state index is 13.3. The molecule has 0 aliphatic rings. The van der Waals surface area contributed by atoms with Crippen LogP contribution in [0.15, 0.2) is 12.1 Å². The minimum absolute atomic E-state index is 0.0376. The second-order valence-corrected chi connectivity index (χ2v) is 4.41. The van der Waals surface area contributed by atoms with Gasteiger partial charge < -0.3 is 15.2 Å². The van der Waals surface area contributed by atoms with Crippen LogP contribution < -0.4 is 15.2 Å². The van der Waals surface area contributed by atoms with Gasteiger partial charge in [-0.3, -0.25) is 0 Å². The molecule has 0 spiro atoms. The molecule has 2 N–H and O–H groups in total. The number of halogens is 3. The molecular formula is C12H16F3NO2. The smallest absolute Gasteiger partial charge is 0.387 e. The number of hydrogen-bond donors (Lipinski definition) is 1. The number of alkyl halides is 2. The lowest BCUT2D eigenvalue weighted by atomic mass is 10.1. The third kappa shape index (κ3) is 3.72. The van der Waals surface area contributed by atoms with Crippen molar-refractivity contribution in [2.24, 2.45) is 0 Å². The molecule has 0 saturated carbocycles. The molecular weight excluding hydrogens is 247 g/mol. The van der Waals surface area contributed by atoms with Crippen molar-refractivity contribution in [2.75, 3.05) is 5.73 Å². The van der Waals surface area contributed by atoms with E-state index in [0.29, 0.717) is 6.42 Å². The van der Waals surface area contributed by atoms with Crippen LogP contribution >= 0.6 is 0 Å². The summed E-state index contributed by atoms with van der Waals surface area (Å²) >= 11 is 0. The van der Waals surface area contributed by atoms with Crippen LogP contribution in [0, 0.1) is 5.82 Å². The van der Waals surface area contributed by atoms with Gasteiger partial charge in [0.1, 0.15) is 11.4 Å². The molecule has 18 heavy (non-hydrogen) atoms. The molecule has 0 unspecified atom stereocenters. The Hall–Kier alpha value is -1.59. The molecule has 102 valence electrons. The zero-order chi connectivity index (χ0) is 13.9. The van der Waals surface area contributed by atoms with E-state index in [1.54, 1.807) is 0 Å². The number of rotatable bonds is 5. The van der Waals surface area contributed by atoms with Gasteiger partial charge >= 0.3 is 6.61 Å². The van der Waals surface area contributed by atoms with Crippen LogP contribution in [0.1, 0.15) is 27.2 Å².